The molecule has 1 amide bonds. The van der Waals surface area contributed by atoms with E-state index in [0.29, 0.717) is 25.3 Å². The zero-order valence-electron chi connectivity index (χ0n) is 10.9. The molecule has 1 aromatic heterocycles. The van der Waals surface area contributed by atoms with E-state index in [1.165, 1.54) is 12.8 Å². The molecule has 110 valence electrons. The molecule has 1 aliphatic rings. The Morgan fingerprint density at radius 3 is 2.74 bits per heavy atom. The summed E-state index contributed by atoms with van der Waals surface area (Å²) in [5, 5.41) is 5.06. The third-order valence-electron chi connectivity index (χ3n) is 3.42. The fourth-order valence-corrected chi connectivity index (χ4v) is 2.62. The summed E-state index contributed by atoms with van der Waals surface area (Å²) in [7, 11) is 0. The quantitative estimate of drug-likeness (QED) is 0.842. The van der Waals surface area contributed by atoms with E-state index < -0.39 is 0 Å². The number of halogens is 2. The Kier molecular flexibility index (Phi) is 7.89. The van der Waals surface area contributed by atoms with Crippen LogP contribution in [0.4, 0.5) is 0 Å². The van der Waals surface area contributed by atoms with Gasteiger partial charge < -0.3 is 11.1 Å². The van der Waals surface area contributed by atoms with Crippen LogP contribution in [-0.2, 0) is 11.2 Å². The van der Waals surface area contributed by atoms with Crippen molar-refractivity contribution in [1.82, 2.24) is 10.3 Å². The fourth-order valence-electron chi connectivity index (χ4n) is 2.02. The topological polar surface area (TPSA) is 68.0 Å². The van der Waals surface area contributed by atoms with Crippen LogP contribution in [0.15, 0.2) is 10.9 Å². The first-order valence-electron chi connectivity index (χ1n) is 6.02. The summed E-state index contributed by atoms with van der Waals surface area (Å²) in [6.45, 7) is 2.56. The third-order valence-corrected chi connectivity index (χ3v) is 4.05. The maximum Gasteiger partial charge on any atom is 0.220 e. The number of carbonyl (C=O) groups is 1. The molecule has 0 aromatic carbocycles. The van der Waals surface area contributed by atoms with E-state index in [1.807, 2.05) is 12.3 Å². The van der Waals surface area contributed by atoms with Gasteiger partial charge in [0.05, 0.1) is 16.7 Å². The van der Waals surface area contributed by atoms with E-state index in [4.69, 9.17) is 5.73 Å². The lowest BCUT2D eigenvalue weighted by atomic mass is 9.95. The van der Waals surface area contributed by atoms with Crippen molar-refractivity contribution in [2.75, 3.05) is 6.54 Å². The largest absolute Gasteiger partial charge is 0.349 e. The normalized spacial score (nSPS) is 16.7. The molecule has 0 aliphatic heterocycles. The lowest BCUT2D eigenvalue weighted by Gasteiger charge is -2.29. The summed E-state index contributed by atoms with van der Waals surface area (Å²) in [5.41, 5.74) is 8.34. The Hall–Kier alpha value is -0.360. The zero-order valence-corrected chi connectivity index (χ0v) is 13.4. The summed E-state index contributed by atoms with van der Waals surface area (Å²) in [4.78, 5) is 16.0. The maximum atomic E-state index is 11.9. The van der Waals surface area contributed by atoms with Crippen LogP contribution < -0.4 is 11.1 Å². The maximum absolute atomic E-state index is 11.9. The molecule has 1 saturated carbocycles. The van der Waals surface area contributed by atoms with E-state index >= 15 is 0 Å². The van der Waals surface area contributed by atoms with Crippen molar-refractivity contribution < 1.29 is 4.79 Å². The van der Waals surface area contributed by atoms with Crippen LogP contribution in [0.2, 0.25) is 0 Å². The minimum atomic E-state index is -0.209. The van der Waals surface area contributed by atoms with Crippen molar-refractivity contribution in [2.24, 2.45) is 11.7 Å². The fraction of sp³-hybridized carbons (Fsp3) is 0.667. The Labute approximate surface area is 130 Å². The number of nitrogens with zero attached hydrogens (tertiary/aromatic N) is 1. The highest BCUT2D eigenvalue weighted by Gasteiger charge is 2.41. The standard InChI is InChI=1S/C12H19N3OS.2ClH/c1-12(7-13,9-2-3-9)15-11(16)5-4-10-6-17-8-14-10;;/h6,8-9H,2-5,7,13H2,1H3,(H,15,16);2*1H. The smallest absolute Gasteiger partial charge is 0.220 e. The molecule has 0 radical (unpaired) electrons. The molecule has 1 fully saturated rings. The molecule has 19 heavy (non-hydrogen) atoms. The van der Waals surface area contributed by atoms with Crippen LogP contribution >= 0.6 is 36.2 Å². The summed E-state index contributed by atoms with van der Waals surface area (Å²) >= 11 is 1.56. The van der Waals surface area contributed by atoms with Crippen LogP contribution in [0.3, 0.4) is 0 Å². The van der Waals surface area contributed by atoms with E-state index in [-0.39, 0.29) is 36.3 Å². The molecule has 0 spiro atoms. The predicted octanol–water partition coefficient (Wildman–Crippen LogP) is 2.16. The first kappa shape index (κ1) is 18.6. The first-order chi connectivity index (χ1) is 8.14. The van der Waals surface area contributed by atoms with Gasteiger partial charge in [0.25, 0.3) is 0 Å². The highest BCUT2D eigenvalue weighted by atomic mass is 35.5. The summed E-state index contributed by atoms with van der Waals surface area (Å²) in [6.07, 6.45) is 3.56. The number of nitrogens with two attached hydrogens (primary N) is 1. The number of nitrogens with one attached hydrogen (secondary N) is 1. The van der Waals surface area contributed by atoms with Crippen molar-refractivity contribution in [1.29, 1.82) is 0 Å². The number of hydrogen-bond donors (Lipinski definition) is 2. The molecule has 2 rings (SSSR count). The highest BCUT2D eigenvalue weighted by Crippen LogP contribution is 2.38. The lowest BCUT2D eigenvalue weighted by molar-refractivity contribution is -0.123. The van der Waals surface area contributed by atoms with Gasteiger partial charge in [-0.25, -0.2) is 4.98 Å². The van der Waals surface area contributed by atoms with Gasteiger partial charge in [-0.1, -0.05) is 0 Å². The number of thiazole rings is 1. The molecule has 1 aromatic rings. The molecule has 1 atom stereocenters. The minimum Gasteiger partial charge on any atom is -0.349 e. The van der Waals surface area contributed by atoms with Gasteiger partial charge in [0.2, 0.25) is 5.91 Å². The second-order valence-corrected chi connectivity index (χ2v) is 5.64. The van der Waals surface area contributed by atoms with Crippen LogP contribution in [0.1, 0.15) is 31.9 Å². The molecule has 0 bridgehead atoms. The molecule has 3 N–H and O–H groups in total. The third kappa shape index (κ3) is 5.26. The van der Waals surface area contributed by atoms with Crippen molar-refractivity contribution >= 4 is 42.1 Å². The molecule has 1 unspecified atom stereocenters. The monoisotopic (exact) mass is 325 g/mol. The molecule has 4 nitrogen and oxygen atoms in total. The van der Waals surface area contributed by atoms with Gasteiger partial charge >= 0.3 is 0 Å². The van der Waals surface area contributed by atoms with Crippen LogP contribution in [0.25, 0.3) is 0 Å². The lowest BCUT2D eigenvalue weighted by Crippen LogP contribution is -2.53. The van der Waals surface area contributed by atoms with Gasteiger partial charge in [-0.2, -0.15) is 0 Å². The van der Waals surface area contributed by atoms with Crippen LogP contribution in [-0.4, -0.2) is 23.0 Å². The highest BCUT2D eigenvalue weighted by molar-refractivity contribution is 7.07. The van der Waals surface area contributed by atoms with Crippen molar-refractivity contribution in [2.45, 2.75) is 38.1 Å². The number of hydrogen-bond acceptors (Lipinski definition) is 4. The van der Waals surface area contributed by atoms with Crippen molar-refractivity contribution in [3.8, 4) is 0 Å². The number of amides is 1. The summed E-state index contributed by atoms with van der Waals surface area (Å²) < 4.78 is 0. The van der Waals surface area contributed by atoms with Gasteiger partial charge in [-0.05, 0) is 32.1 Å². The molecular formula is C12H21Cl2N3OS. The van der Waals surface area contributed by atoms with Crippen LogP contribution in [0.5, 0.6) is 0 Å². The second-order valence-electron chi connectivity index (χ2n) is 4.92. The summed E-state index contributed by atoms with van der Waals surface area (Å²) in [5.74, 6) is 0.647. The molecule has 1 heterocycles. The van der Waals surface area contributed by atoms with Gasteiger partial charge in [0.15, 0.2) is 0 Å². The average Bonchev–Trinajstić information content (AvgIpc) is 3.05. The SMILES string of the molecule is CC(CN)(NC(=O)CCc1cscn1)C1CC1.Cl.Cl. The molecule has 1 aliphatic carbocycles. The van der Waals surface area contributed by atoms with Crippen molar-refractivity contribution in [3.63, 3.8) is 0 Å². The van der Waals surface area contributed by atoms with E-state index in [2.05, 4.69) is 10.3 Å². The predicted molar refractivity (Wildman–Crippen MR) is 83.3 cm³/mol. The minimum absolute atomic E-state index is 0. The van der Waals surface area contributed by atoms with Gasteiger partial charge in [0, 0.05) is 18.3 Å². The number of carbonyl (C=O) groups excluding carboxylic acids is 1. The summed E-state index contributed by atoms with van der Waals surface area (Å²) in [6, 6.07) is 0. The number of rotatable bonds is 6. The van der Waals surface area contributed by atoms with E-state index in [9.17, 15) is 4.79 Å². The van der Waals surface area contributed by atoms with Crippen molar-refractivity contribution in [3.05, 3.63) is 16.6 Å². The van der Waals surface area contributed by atoms with Gasteiger partial charge in [-0.15, -0.1) is 36.2 Å². The second kappa shape index (κ2) is 8.04. The molecule has 7 heteroatoms. The van der Waals surface area contributed by atoms with Gasteiger partial charge in [-0.3, -0.25) is 4.79 Å². The Bertz CT molecular complexity index is 384. The zero-order chi connectivity index (χ0) is 12.3. The van der Waals surface area contributed by atoms with E-state index in [1.54, 1.807) is 16.8 Å². The van der Waals surface area contributed by atoms with Gasteiger partial charge in [0.1, 0.15) is 0 Å². The van der Waals surface area contributed by atoms with Crippen LogP contribution in [0, 0.1) is 5.92 Å². The Morgan fingerprint density at radius 1 is 1.58 bits per heavy atom. The van der Waals surface area contributed by atoms with E-state index in [0.717, 1.165) is 5.69 Å². The number of aryl methyl sites for hydroxylation is 1. The Balaban J connectivity index is 0.00000162. The molecule has 0 saturated heterocycles. The first-order valence-corrected chi connectivity index (χ1v) is 6.96. The molecular weight excluding hydrogens is 305 g/mol. The number of aromatic nitrogens is 1. The Morgan fingerprint density at radius 2 is 2.26 bits per heavy atom. The average molecular weight is 326 g/mol.